The molecule has 0 atom stereocenters. The molecule has 0 aliphatic carbocycles. The normalized spacial score (nSPS) is 12.2. The van der Waals surface area contributed by atoms with Crippen molar-refractivity contribution in [2.75, 3.05) is 12.9 Å². The minimum Gasteiger partial charge on any atom is -0.486 e. The Morgan fingerprint density at radius 1 is 1.42 bits per heavy atom. The van der Waals surface area contributed by atoms with Gasteiger partial charge in [-0.3, -0.25) is 0 Å². The summed E-state index contributed by atoms with van der Waals surface area (Å²) in [5.41, 5.74) is -0.479. The Balaban J connectivity index is 3.16. The maximum Gasteiger partial charge on any atom is 0.339 e. The molecule has 1 rings (SSSR count). The second kappa shape index (κ2) is 5.12. The van der Waals surface area contributed by atoms with Gasteiger partial charge in [-0.25, -0.2) is 22.0 Å². The van der Waals surface area contributed by atoms with Crippen LogP contribution < -0.4 is 4.74 Å². The second-order valence-corrected chi connectivity index (χ2v) is 6.11. The summed E-state index contributed by atoms with van der Waals surface area (Å²) < 4.78 is 52.6. The molecule has 0 aliphatic heterocycles. The van der Waals surface area contributed by atoms with E-state index in [4.69, 9.17) is 9.84 Å². The topological polar surface area (TPSA) is 80.7 Å². The molecule has 0 heterocycles. The molecular weight excluding hydrogens is 282 g/mol. The molecule has 0 spiro atoms. The van der Waals surface area contributed by atoms with Crippen LogP contribution in [0.2, 0.25) is 0 Å². The third-order valence-corrected chi connectivity index (χ3v) is 3.20. The van der Waals surface area contributed by atoms with E-state index in [2.05, 4.69) is 0 Å². The molecule has 0 saturated carbocycles. The Hall–Kier alpha value is -1.70. The second-order valence-electron chi connectivity index (χ2n) is 4.09. The maximum atomic E-state index is 12.6. The highest BCUT2D eigenvalue weighted by Gasteiger charge is 2.24. The van der Waals surface area contributed by atoms with E-state index in [0.717, 1.165) is 24.5 Å². The number of halogens is 2. The number of alkyl halides is 2. The number of aromatic carboxylic acids is 1. The van der Waals surface area contributed by atoms with Gasteiger partial charge in [0.05, 0.1) is 4.90 Å². The minimum atomic E-state index is -3.59. The molecule has 0 amide bonds. The lowest BCUT2D eigenvalue weighted by Gasteiger charge is -2.14. The van der Waals surface area contributed by atoms with Crippen molar-refractivity contribution < 1.29 is 31.8 Å². The third kappa shape index (κ3) is 4.47. The van der Waals surface area contributed by atoms with E-state index >= 15 is 0 Å². The fraction of sp³-hybridized carbons (Fsp3) is 0.364. The van der Waals surface area contributed by atoms with Crippen LogP contribution in [0.5, 0.6) is 5.75 Å². The molecule has 0 fully saturated rings. The van der Waals surface area contributed by atoms with Crippen LogP contribution in [0.25, 0.3) is 0 Å². The predicted octanol–water partition coefficient (Wildman–Crippen LogP) is 1.82. The first-order valence-electron chi connectivity index (χ1n) is 5.09. The number of ether oxygens (including phenoxy) is 1. The standard InChI is InChI=1S/C11H12F2O5S/c1-11(12,13)6-18-9-4-3-7(19(2,16)17)5-8(9)10(14)15/h3-5H,6H2,1-2H3,(H,14,15). The summed E-state index contributed by atoms with van der Waals surface area (Å²) in [5, 5.41) is 8.92. The highest BCUT2D eigenvalue weighted by molar-refractivity contribution is 7.90. The van der Waals surface area contributed by atoms with Gasteiger partial charge in [0.25, 0.3) is 5.92 Å². The molecule has 0 unspecified atom stereocenters. The maximum absolute atomic E-state index is 12.6. The monoisotopic (exact) mass is 294 g/mol. The van der Waals surface area contributed by atoms with Crippen molar-refractivity contribution in [3.8, 4) is 5.75 Å². The van der Waals surface area contributed by atoms with Crippen molar-refractivity contribution in [3.05, 3.63) is 23.8 Å². The van der Waals surface area contributed by atoms with Crippen LogP contribution >= 0.6 is 0 Å². The summed E-state index contributed by atoms with van der Waals surface area (Å²) >= 11 is 0. The van der Waals surface area contributed by atoms with E-state index in [1.165, 1.54) is 0 Å². The van der Waals surface area contributed by atoms with Crippen molar-refractivity contribution in [1.29, 1.82) is 0 Å². The van der Waals surface area contributed by atoms with E-state index in [1.807, 2.05) is 0 Å². The number of carboxylic acid groups (broad SMARTS) is 1. The van der Waals surface area contributed by atoms with E-state index in [0.29, 0.717) is 6.92 Å². The van der Waals surface area contributed by atoms with Crippen LogP contribution in [0.4, 0.5) is 8.78 Å². The van der Waals surface area contributed by atoms with Crippen LogP contribution in [0, 0.1) is 0 Å². The summed E-state index contributed by atoms with van der Waals surface area (Å²) in [4.78, 5) is 10.7. The zero-order valence-corrected chi connectivity index (χ0v) is 11.0. The van der Waals surface area contributed by atoms with Crippen molar-refractivity contribution in [1.82, 2.24) is 0 Å². The highest BCUT2D eigenvalue weighted by Crippen LogP contribution is 2.24. The van der Waals surface area contributed by atoms with E-state index < -0.39 is 33.9 Å². The Morgan fingerprint density at radius 3 is 2.42 bits per heavy atom. The fourth-order valence-electron chi connectivity index (χ4n) is 1.24. The molecule has 0 bridgehead atoms. The summed E-state index contributed by atoms with van der Waals surface area (Å²) in [7, 11) is -3.59. The molecule has 1 aromatic carbocycles. The van der Waals surface area contributed by atoms with Crippen molar-refractivity contribution in [2.24, 2.45) is 0 Å². The fourth-order valence-corrected chi connectivity index (χ4v) is 1.88. The zero-order chi connectivity index (χ0) is 14.8. The van der Waals surface area contributed by atoms with Crippen LogP contribution in [-0.4, -0.2) is 38.3 Å². The molecule has 106 valence electrons. The van der Waals surface area contributed by atoms with Crippen LogP contribution in [-0.2, 0) is 9.84 Å². The van der Waals surface area contributed by atoms with Crippen LogP contribution in [0.1, 0.15) is 17.3 Å². The lowest BCUT2D eigenvalue weighted by Crippen LogP contribution is -2.21. The summed E-state index contributed by atoms with van der Waals surface area (Å²) in [6.07, 6.45) is 0.911. The molecule has 19 heavy (non-hydrogen) atoms. The average molecular weight is 294 g/mol. The highest BCUT2D eigenvalue weighted by atomic mass is 32.2. The number of hydrogen-bond donors (Lipinski definition) is 1. The van der Waals surface area contributed by atoms with Gasteiger partial charge in [0, 0.05) is 13.2 Å². The Bertz CT molecular complexity index is 590. The lowest BCUT2D eigenvalue weighted by atomic mass is 10.2. The first-order valence-corrected chi connectivity index (χ1v) is 6.98. The van der Waals surface area contributed by atoms with Gasteiger partial charge in [-0.15, -0.1) is 0 Å². The third-order valence-electron chi connectivity index (χ3n) is 2.09. The first kappa shape index (κ1) is 15.4. The first-order chi connectivity index (χ1) is 8.50. The average Bonchev–Trinajstić information content (AvgIpc) is 2.23. The smallest absolute Gasteiger partial charge is 0.339 e. The largest absolute Gasteiger partial charge is 0.486 e. The van der Waals surface area contributed by atoms with Crippen LogP contribution in [0.15, 0.2) is 23.1 Å². The zero-order valence-electron chi connectivity index (χ0n) is 10.2. The van der Waals surface area contributed by atoms with Crippen molar-refractivity contribution >= 4 is 15.8 Å². The molecule has 0 radical (unpaired) electrons. The molecular formula is C11H12F2O5S. The summed E-state index contributed by atoms with van der Waals surface area (Å²) in [6.45, 7) is -0.371. The molecule has 0 saturated heterocycles. The van der Waals surface area contributed by atoms with Gasteiger partial charge in [-0.2, -0.15) is 0 Å². The van der Waals surface area contributed by atoms with Gasteiger partial charge in [-0.05, 0) is 18.2 Å². The van der Waals surface area contributed by atoms with Gasteiger partial charge < -0.3 is 9.84 Å². The van der Waals surface area contributed by atoms with Gasteiger partial charge >= 0.3 is 5.97 Å². The van der Waals surface area contributed by atoms with Crippen LogP contribution in [0.3, 0.4) is 0 Å². The number of carboxylic acids is 1. The van der Waals surface area contributed by atoms with E-state index in [1.54, 1.807) is 0 Å². The molecule has 1 N–H and O–H groups in total. The molecule has 1 aromatic rings. The SMILES string of the molecule is CC(F)(F)COc1ccc(S(C)(=O)=O)cc1C(=O)O. The predicted molar refractivity (Wildman–Crippen MR) is 62.6 cm³/mol. The summed E-state index contributed by atoms with van der Waals surface area (Å²) in [6, 6.07) is 3.03. The number of benzene rings is 1. The van der Waals surface area contributed by atoms with Crippen molar-refractivity contribution in [3.63, 3.8) is 0 Å². The molecule has 0 aliphatic rings. The number of sulfone groups is 1. The van der Waals surface area contributed by atoms with E-state index in [9.17, 15) is 22.0 Å². The Morgan fingerprint density at radius 2 is 2.00 bits per heavy atom. The minimum absolute atomic E-state index is 0.222. The van der Waals surface area contributed by atoms with E-state index in [-0.39, 0.29) is 10.6 Å². The lowest BCUT2D eigenvalue weighted by molar-refractivity contribution is -0.0233. The number of carbonyl (C=O) groups is 1. The van der Waals surface area contributed by atoms with Gasteiger partial charge in [0.2, 0.25) is 0 Å². The Labute approximate surface area is 108 Å². The van der Waals surface area contributed by atoms with Crippen molar-refractivity contribution in [2.45, 2.75) is 17.7 Å². The molecule has 0 aromatic heterocycles. The number of hydrogen-bond acceptors (Lipinski definition) is 4. The molecule has 5 nitrogen and oxygen atoms in total. The quantitative estimate of drug-likeness (QED) is 0.896. The van der Waals surface area contributed by atoms with Gasteiger partial charge in [-0.1, -0.05) is 0 Å². The summed E-state index contributed by atoms with van der Waals surface area (Å²) in [5.74, 6) is -4.88. The number of rotatable bonds is 5. The Kier molecular flexibility index (Phi) is 4.14. The van der Waals surface area contributed by atoms with Gasteiger partial charge in [0.15, 0.2) is 16.4 Å². The van der Waals surface area contributed by atoms with Gasteiger partial charge in [0.1, 0.15) is 11.3 Å². The molecule has 8 heteroatoms.